The number of hydrogen-bond acceptors (Lipinski definition) is 6. The fraction of sp³-hybridized carbons (Fsp3) is 0.750. The minimum atomic E-state index is -1.20. The SMILES string of the molecule is CC(N)(CN)C(=O)OC1COC(=O)C1. The molecule has 0 aromatic rings. The van der Waals surface area contributed by atoms with Crippen molar-refractivity contribution in [2.24, 2.45) is 11.5 Å². The van der Waals surface area contributed by atoms with Crippen LogP contribution in [0.1, 0.15) is 13.3 Å². The number of ether oxygens (including phenoxy) is 2. The molecular formula is C8H14N2O4. The maximum Gasteiger partial charge on any atom is 0.327 e. The van der Waals surface area contributed by atoms with Crippen molar-refractivity contribution in [3.8, 4) is 0 Å². The maximum absolute atomic E-state index is 11.4. The quantitative estimate of drug-likeness (QED) is 0.541. The van der Waals surface area contributed by atoms with Crippen molar-refractivity contribution in [2.45, 2.75) is 25.0 Å². The molecule has 1 aliphatic rings. The highest BCUT2D eigenvalue weighted by Crippen LogP contribution is 2.12. The topological polar surface area (TPSA) is 105 Å². The van der Waals surface area contributed by atoms with Crippen LogP contribution < -0.4 is 11.5 Å². The van der Waals surface area contributed by atoms with Crippen LogP contribution in [-0.4, -0.2) is 36.7 Å². The summed E-state index contributed by atoms with van der Waals surface area (Å²) in [6.45, 7) is 1.57. The first-order valence-corrected chi connectivity index (χ1v) is 4.31. The Bertz CT molecular complexity index is 252. The predicted octanol–water partition coefficient (Wildman–Crippen LogP) is -1.48. The van der Waals surface area contributed by atoms with Gasteiger partial charge in [-0.3, -0.25) is 9.59 Å². The number of carbonyl (C=O) groups is 2. The smallest absolute Gasteiger partial charge is 0.327 e. The molecule has 6 nitrogen and oxygen atoms in total. The van der Waals surface area contributed by atoms with Crippen molar-refractivity contribution < 1.29 is 19.1 Å². The van der Waals surface area contributed by atoms with E-state index in [4.69, 9.17) is 16.2 Å². The Morgan fingerprint density at radius 2 is 2.43 bits per heavy atom. The first kappa shape index (κ1) is 10.9. The van der Waals surface area contributed by atoms with Crippen molar-refractivity contribution in [3.63, 3.8) is 0 Å². The zero-order valence-corrected chi connectivity index (χ0v) is 7.99. The van der Waals surface area contributed by atoms with Gasteiger partial charge >= 0.3 is 11.9 Å². The summed E-state index contributed by atoms with van der Waals surface area (Å²) in [5, 5.41) is 0. The van der Waals surface area contributed by atoms with Crippen LogP contribution in [0.25, 0.3) is 0 Å². The van der Waals surface area contributed by atoms with E-state index in [0.29, 0.717) is 0 Å². The highest BCUT2D eigenvalue weighted by molar-refractivity contribution is 5.81. The third-order valence-corrected chi connectivity index (χ3v) is 1.99. The lowest BCUT2D eigenvalue weighted by Crippen LogP contribution is -2.53. The molecule has 1 heterocycles. The van der Waals surface area contributed by atoms with Gasteiger partial charge in [-0.05, 0) is 6.92 Å². The van der Waals surface area contributed by atoms with Gasteiger partial charge in [-0.15, -0.1) is 0 Å². The average Bonchev–Trinajstić information content (AvgIpc) is 2.51. The van der Waals surface area contributed by atoms with Gasteiger partial charge in [-0.1, -0.05) is 0 Å². The molecule has 0 bridgehead atoms. The number of carbonyl (C=O) groups excluding carboxylic acids is 2. The Morgan fingerprint density at radius 3 is 2.86 bits per heavy atom. The number of esters is 2. The van der Waals surface area contributed by atoms with Crippen LogP contribution in [0.3, 0.4) is 0 Å². The second-order valence-electron chi connectivity index (χ2n) is 3.54. The molecule has 1 rings (SSSR count). The van der Waals surface area contributed by atoms with E-state index in [2.05, 4.69) is 4.74 Å². The highest BCUT2D eigenvalue weighted by Gasteiger charge is 2.34. The Hall–Kier alpha value is -1.14. The molecule has 1 aliphatic heterocycles. The average molecular weight is 202 g/mol. The van der Waals surface area contributed by atoms with E-state index >= 15 is 0 Å². The molecule has 0 radical (unpaired) electrons. The van der Waals surface area contributed by atoms with Gasteiger partial charge < -0.3 is 20.9 Å². The second-order valence-corrected chi connectivity index (χ2v) is 3.54. The summed E-state index contributed by atoms with van der Waals surface area (Å²) < 4.78 is 9.57. The van der Waals surface area contributed by atoms with Gasteiger partial charge in [0.25, 0.3) is 0 Å². The first-order chi connectivity index (χ1) is 6.45. The molecule has 0 saturated carbocycles. The lowest BCUT2D eigenvalue weighted by atomic mass is 10.1. The van der Waals surface area contributed by atoms with Gasteiger partial charge in [0.05, 0.1) is 6.42 Å². The second kappa shape index (κ2) is 3.93. The zero-order chi connectivity index (χ0) is 10.8. The van der Waals surface area contributed by atoms with E-state index in [9.17, 15) is 9.59 Å². The van der Waals surface area contributed by atoms with Crippen LogP contribution in [0.15, 0.2) is 0 Å². The number of rotatable bonds is 3. The molecule has 14 heavy (non-hydrogen) atoms. The lowest BCUT2D eigenvalue weighted by Gasteiger charge is -2.21. The molecule has 0 aliphatic carbocycles. The normalized spacial score (nSPS) is 25.4. The van der Waals surface area contributed by atoms with E-state index in [1.165, 1.54) is 6.92 Å². The molecular weight excluding hydrogens is 188 g/mol. The van der Waals surface area contributed by atoms with Crippen LogP contribution in [-0.2, 0) is 19.1 Å². The Balaban J connectivity index is 2.45. The summed E-state index contributed by atoms with van der Waals surface area (Å²) >= 11 is 0. The molecule has 80 valence electrons. The summed E-state index contributed by atoms with van der Waals surface area (Å²) in [4.78, 5) is 22.0. The minimum absolute atomic E-state index is 0.00659. The van der Waals surface area contributed by atoms with Crippen molar-refractivity contribution in [1.29, 1.82) is 0 Å². The Labute approximate surface area is 81.5 Å². The molecule has 0 amide bonds. The maximum atomic E-state index is 11.4. The summed E-state index contributed by atoms with van der Waals surface area (Å²) in [6.07, 6.45) is -0.434. The number of nitrogens with two attached hydrogens (primary N) is 2. The van der Waals surface area contributed by atoms with Gasteiger partial charge in [-0.2, -0.15) is 0 Å². The molecule has 4 N–H and O–H groups in total. The largest absolute Gasteiger partial charge is 0.462 e. The fourth-order valence-corrected chi connectivity index (χ4v) is 0.935. The Morgan fingerprint density at radius 1 is 1.79 bits per heavy atom. The lowest BCUT2D eigenvalue weighted by molar-refractivity contribution is -0.154. The molecule has 1 fully saturated rings. The molecule has 1 saturated heterocycles. The number of cyclic esters (lactones) is 1. The summed E-state index contributed by atoms with van der Waals surface area (Å²) in [5.74, 6) is -0.974. The Kier molecular flexibility index (Phi) is 3.07. The third-order valence-electron chi connectivity index (χ3n) is 1.99. The van der Waals surface area contributed by atoms with Crippen LogP contribution in [0.2, 0.25) is 0 Å². The van der Waals surface area contributed by atoms with Crippen molar-refractivity contribution >= 4 is 11.9 Å². The fourth-order valence-electron chi connectivity index (χ4n) is 0.935. The minimum Gasteiger partial charge on any atom is -0.462 e. The summed E-state index contributed by atoms with van der Waals surface area (Å²) in [5.41, 5.74) is 9.63. The molecule has 6 heteroatoms. The van der Waals surface area contributed by atoms with Crippen LogP contribution in [0.5, 0.6) is 0 Å². The standard InChI is InChI=1S/C8H14N2O4/c1-8(10,4-9)7(12)14-5-2-6(11)13-3-5/h5H,2-4,9-10H2,1H3. The van der Waals surface area contributed by atoms with Crippen molar-refractivity contribution in [3.05, 3.63) is 0 Å². The molecule has 2 atom stereocenters. The van der Waals surface area contributed by atoms with E-state index in [1.54, 1.807) is 0 Å². The van der Waals surface area contributed by atoms with E-state index < -0.39 is 17.6 Å². The summed E-state index contributed by atoms with van der Waals surface area (Å²) in [7, 11) is 0. The van der Waals surface area contributed by atoms with E-state index in [1.807, 2.05) is 0 Å². The molecule has 0 aromatic heterocycles. The van der Waals surface area contributed by atoms with Gasteiger partial charge in [0.2, 0.25) is 0 Å². The van der Waals surface area contributed by atoms with Gasteiger partial charge in [0.15, 0.2) is 0 Å². The van der Waals surface area contributed by atoms with Gasteiger partial charge in [-0.25, -0.2) is 0 Å². The van der Waals surface area contributed by atoms with Crippen LogP contribution in [0.4, 0.5) is 0 Å². The van der Waals surface area contributed by atoms with Crippen molar-refractivity contribution in [1.82, 2.24) is 0 Å². The van der Waals surface area contributed by atoms with Crippen LogP contribution >= 0.6 is 0 Å². The molecule has 0 spiro atoms. The monoisotopic (exact) mass is 202 g/mol. The van der Waals surface area contributed by atoms with Gasteiger partial charge in [0.1, 0.15) is 18.2 Å². The van der Waals surface area contributed by atoms with E-state index in [-0.39, 0.29) is 25.5 Å². The van der Waals surface area contributed by atoms with E-state index in [0.717, 1.165) is 0 Å². The van der Waals surface area contributed by atoms with Crippen molar-refractivity contribution in [2.75, 3.05) is 13.2 Å². The van der Waals surface area contributed by atoms with Gasteiger partial charge in [0, 0.05) is 6.54 Å². The third kappa shape index (κ3) is 2.43. The zero-order valence-electron chi connectivity index (χ0n) is 7.99. The first-order valence-electron chi connectivity index (χ1n) is 4.31. The summed E-state index contributed by atoms with van der Waals surface area (Å²) in [6, 6.07) is 0. The molecule has 2 unspecified atom stereocenters. The number of hydrogen-bond donors (Lipinski definition) is 2. The predicted molar refractivity (Wildman–Crippen MR) is 47.1 cm³/mol. The molecule has 0 aromatic carbocycles. The van der Waals surface area contributed by atoms with Crippen LogP contribution in [0, 0.1) is 0 Å². The highest BCUT2D eigenvalue weighted by atomic mass is 16.6.